The molecule has 2 aliphatic heterocycles. The number of amides is 1. The highest BCUT2D eigenvalue weighted by Crippen LogP contribution is 2.37. The molecule has 2 aliphatic rings. The maximum Gasteiger partial charge on any atom is 0.247 e. The van der Waals surface area contributed by atoms with Crippen molar-refractivity contribution in [1.29, 1.82) is 0 Å². The number of carbonyl (C=O) groups is 1. The van der Waals surface area contributed by atoms with Gasteiger partial charge >= 0.3 is 0 Å². The van der Waals surface area contributed by atoms with Crippen LogP contribution in [0, 0.1) is 5.92 Å². The summed E-state index contributed by atoms with van der Waals surface area (Å²) in [5, 5.41) is 2.92. The monoisotopic (exact) mass is 203 g/mol. The van der Waals surface area contributed by atoms with E-state index >= 15 is 0 Å². The maximum absolute atomic E-state index is 11.9. The van der Waals surface area contributed by atoms with Gasteiger partial charge < -0.3 is 10.2 Å². The van der Waals surface area contributed by atoms with Gasteiger partial charge in [-0.2, -0.15) is 0 Å². The largest absolute Gasteiger partial charge is 0.358 e. The smallest absolute Gasteiger partial charge is 0.247 e. The molecule has 0 saturated carbocycles. The first-order valence-corrected chi connectivity index (χ1v) is 5.29. The van der Waals surface area contributed by atoms with Gasteiger partial charge in [-0.15, -0.1) is 0 Å². The second-order valence-corrected chi connectivity index (χ2v) is 4.29. The molecule has 0 aliphatic carbocycles. The van der Waals surface area contributed by atoms with E-state index in [4.69, 9.17) is 0 Å². The van der Waals surface area contributed by atoms with Crippen molar-refractivity contribution in [1.82, 2.24) is 4.98 Å². The summed E-state index contributed by atoms with van der Waals surface area (Å²) in [7, 11) is 0. The van der Waals surface area contributed by atoms with Crippen LogP contribution in [0.15, 0.2) is 18.5 Å². The minimum Gasteiger partial charge on any atom is -0.358 e. The van der Waals surface area contributed by atoms with Gasteiger partial charge in [-0.25, -0.2) is 0 Å². The Kier molecular flexibility index (Phi) is 1.71. The SMILES string of the molecule is CC1CCN2c3ccncc3NC(=O)C12. The van der Waals surface area contributed by atoms with Crippen molar-refractivity contribution in [3.05, 3.63) is 18.5 Å². The van der Waals surface area contributed by atoms with Crippen LogP contribution in [0.25, 0.3) is 0 Å². The van der Waals surface area contributed by atoms with E-state index in [1.807, 2.05) is 6.07 Å². The molecule has 1 aromatic rings. The maximum atomic E-state index is 11.9. The van der Waals surface area contributed by atoms with Crippen LogP contribution in [-0.4, -0.2) is 23.5 Å². The van der Waals surface area contributed by atoms with Gasteiger partial charge in [0.1, 0.15) is 6.04 Å². The van der Waals surface area contributed by atoms with Crippen LogP contribution >= 0.6 is 0 Å². The summed E-state index contributed by atoms with van der Waals surface area (Å²) < 4.78 is 0. The molecule has 1 N–H and O–H groups in total. The van der Waals surface area contributed by atoms with E-state index < -0.39 is 0 Å². The second-order valence-electron chi connectivity index (χ2n) is 4.29. The third-order valence-electron chi connectivity index (χ3n) is 3.33. The van der Waals surface area contributed by atoms with Crippen LogP contribution in [0.5, 0.6) is 0 Å². The van der Waals surface area contributed by atoms with Gasteiger partial charge in [0.25, 0.3) is 0 Å². The molecule has 3 heterocycles. The molecule has 2 unspecified atom stereocenters. The van der Waals surface area contributed by atoms with E-state index in [2.05, 4.69) is 22.1 Å². The summed E-state index contributed by atoms with van der Waals surface area (Å²) in [5.41, 5.74) is 1.95. The van der Waals surface area contributed by atoms with Gasteiger partial charge in [-0.3, -0.25) is 9.78 Å². The molecule has 78 valence electrons. The molecule has 2 atom stereocenters. The lowest BCUT2D eigenvalue weighted by molar-refractivity contribution is -0.118. The lowest BCUT2D eigenvalue weighted by Crippen LogP contribution is -2.46. The number of hydrogen-bond acceptors (Lipinski definition) is 3. The first-order chi connectivity index (χ1) is 7.27. The zero-order chi connectivity index (χ0) is 10.4. The number of nitrogens with one attached hydrogen (secondary N) is 1. The van der Waals surface area contributed by atoms with Gasteiger partial charge in [0.15, 0.2) is 0 Å². The molecule has 0 aromatic carbocycles. The van der Waals surface area contributed by atoms with Gasteiger partial charge in [0.2, 0.25) is 5.91 Å². The molecule has 1 fully saturated rings. The van der Waals surface area contributed by atoms with E-state index in [1.54, 1.807) is 12.4 Å². The zero-order valence-corrected chi connectivity index (χ0v) is 8.60. The number of fused-ring (bicyclic) bond motifs is 3. The number of carbonyl (C=O) groups excluding carboxylic acids is 1. The molecule has 1 amide bonds. The molecular formula is C11H13N3O. The lowest BCUT2D eigenvalue weighted by Gasteiger charge is -2.33. The predicted molar refractivity (Wildman–Crippen MR) is 57.8 cm³/mol. The number of aromatic nitrogens is 1. The van der Waals surface area contributed by atoms with Crippen LogP contribution < -0.4 is 10.2 Å². The van der Waals surface area contributed by atoms with Crippen LogP contribution in [0.2, 0.25) is 0 Å². The van der Waals surface area contributed by atoms with Gasteiger partial charge in [0, 0.05) is 12.7 Å². The Morgan fingerprint density at radius 3 is 3.33 bits per heavy atom. The van der Waals surface area contributed by atoms with Crippen molar-refractivity contribution in [2.24, 2.45) is 5.92 Å². The molecule has 4 heteroatoms. The quantitative estimate of drug-likeness (QED) is 0.690. The number of nitrogens with zero attached hydrogens (tertiary/aromatic N) is 2. The molecule has 1 saturated heterocycles. The average molecular weight is 203 g/mol. The van der Waals surface area contributed by atoms with Crippen molar-refractivity contribution in [2.45, 2.75) is 19.4 Å². The van der Waals surface area contributed by atoms with Crippen LogP contribution in [0.4, 0.5) is 11.4 Å². The number of hydrogen-bond donors (Lipinski definition) is 1. The highest BCUT2D eigenvalue weighted by atomic mass is 16.2. The molecule has 0 spiro atoms. The van der Waals surface area contributed by atoms with Crippen LogP contribution in [0.3, 0.4) is 0 Å². The van der Waals surface area contributed by atoms with Crippen LogP contribution in [0.1, 0.15) is 13.3 Å². The van der Waals surface area contributed by atoms with Gasteiger partial charge in [-0.1, -0.05) is 6.92 Å². The summed E-state index contributed by atoms with van der Waals surface area (Å²) in [6.45, 7) is 3.10. The number of anilines is 2. The fourth-order valence-electron chi connectivity index (χ4n) is 2.56. The molecule has 0 bridgehead atoms. The molecule has 15 heavy (non-hydrogen) atoms. The zero-order valence-electron chi connectivity index (χ0n) is 8.60. The summed E-state index contributed by atoms with van der Waals surface area (Å²) in [4.78, 5) is 18.1. The van der Waals surface area contributed by atoms with Crippen molar-refractivity contribution in [3.63, 3.8) is 0 Å². The van der Waals surface area contributed by atoms with Crippen molar-refractivity contribution < 1.29 is 4.79 Å². The molecule has 3 rings (SSSR count). The van der Waals surface area contributed by atoms with E-state index in [1.165, 1.54) is 0 Å². The van der Waals surface area contributed by atoms with Crippen molar-refractivity contribution in [2.75, 3.05) is 16.8 Å². The Balaban J connectivity index is 2.10. The summed E-state index contributed by atoms with van der Waals surface area (Å²) in [6.07, 6.45) is 4.57. The van der Waals surface area contributed by atoms with E-state index in [-0.39, 0.29) is 11.9 Å². The summed E-state index contributed by atoms with van der Waals surface area (Å²) >= 11 is 0. The molecule has 0 radical (unpaired) electrons. The lowest BCUT2D eigenvalue weighted by atomic mass is 10.0. The summed E-state index contributed by atoms with van der Waals surface area (Å²) in [5.74, 6) is 0.548. The molecular weight excluding hydrogens is 190 g/mol. The average Bonchev–Trinajstić information content (AvgIpc) is 2.62. The Morgan fingerprint density at radius 2 is 2.47 bits per heavy atom. The van der Waals surface area contributed by atoms with Crippen LogP contribution in [-0.2, 0) is 4.79 Å². The third kappa shape index (κ3) is 1.14. The van der Waals surface area contributed by atoms with E-state index in [0.717, 1.165) is 24.3 Å². The minimum atomic E-state index is 0.0138. The minimum absolute atomic E-state index is 0.0138. The third-order valence-corrected chi connectivity index (χ3v) is 3.33. The first-order valence-electron chi connectivity index (χ1n) is 5.29. The highest BCUT2D eigenvalue weighted by Gasteiger charge is 2.40. The van der Waals surface area contributed by atoms with Crippen molar-refractivity contribution >= 4 is 17.3 Å². The normalized spacial score (nSPS) is 28.3. The Bertz CT molecular complexity index is 418. The fraction of sp³-hybridized carbons (Fsp3) is 0.455. The fourth-order valence-corrected chi connectivity index (χ4v) is 2.56. The highest BCUT2D eigenvalue weighted by molar-refractivity contribution is 6.03. The Labute approximate surface area is 88.3 Å². The Hall–Kier alpha value is -1.58. The topological polar surface area (TPSA) is 45.2 Å². The van der Waals surface area contributed by atoms with E-state index in [9.17, 15) is 4.79 Å². The molecule has 4 nitrogen and oxygen atoms in total. The first kappa shape index (κ1) is 8.71. The number of pyridine rings is 1. The standard InChI is InChI=1S/C11H13N3O/c1-7-3-5-14-9-2-4-12-6-8(9)13-11(15)10(7)14/h2,4,6-7,10H,3,5H2,1H3,(H,13,15). The second kappa shape index (κ2) is 2.95. The van der Waals surface area contributed by atoms with Gasteiger partial charge in [0.05, 0.1) is 17.6 Å². The van der Waals surface area contributed by atoms with Crippen molar-refractivity contribution in [3.8, 4) is 0 Å². The number of rotatable bonds is 0. The predicted octanol–water partition coefficient (Wildman–Crippen LogP) is 1.25. The Morgan fingerprint density at radius 1 is 1.60 bits per heavy atom. The molecule has 1 aromatic heterocycles. The van der Waals surface area contributed by atoms with E-state index in [0.29, 0.717) is 5.92 Å². The summed E-state index contributed by atoms with van der Waals surface area (Å²) in [6, 6.07) is 1.99. The van der Waals surface area contributed by atoms with Gasteiger partial charge in [-0.05, 0) is 18.4 Å².